The first kappa shape index (κ1) is 15.1. The standard InChI is InChI=1S/C19H20ClNO/c1-13-12-16(20)9-8-14(13)6-7-15-4-3-5-18-17(15)10-11-21(2)19(18)22/h3-5,8-9,12H,6-7,10-11H2,1-2H3. The van der Waals surface area contributed by atoms with Gasteiger partial charge in [0.1, 0.15) is 0 Å². The molecule has 1 amide bonds. The Labute approximate surface area is 136 Å². The van der Waals surface area contributed by atoms with E-state index in [9.17, 15) is 4.79 Å². The summed E-state index contributed by atoms with van der Waals surface area (Å²) in [7, 11) is 1.87. The Morgan fingerprint density at radius 2 is 1.91 bits per heavy atom. The maximum atomic E-state index is 12.2. The predicted molar refractivity (Wildman–Crippen MR) is 90.7 cm³/mol. The molecule has 0 aromatic heterocycles. The number of rotatable bonds is 3. The van der Waals surface area contributed by atoms with E-state index in [1.54, 1.807) is 4.90 Å². The van der Waals surface area contributed by atoms with Gasteiger partial charge >= 0.3 is 0 Å². The smallest absolute Gasteiger partial charge is 0.253 e. The lowest BCUT2D eigenvalue weighted by atomic mass is 9.90. The van der Waals surface area contributed by atoms with Crippen LogP contribution in [0.1, 0.15) is 32.6 Å². The largest absolute Gasteiger partial charge is 0.341 e. The normalized spacial score (nSPS) is 14.1. The molecule has 0 saturated carbocycles. The van der Waals surface area contributed by atoms with Crippen molar-refractivity contribution in [3.8, 4) is 0 Å². The molecule has 0 atom stereocenters. The minimum atomic E-state index is 0.144. The van der Waals surface area contributed by atoms with Crippen LogP contribution in [0.15, 0.2) is 36.4 Å². The molecule has 0 aliphatic carbocycles. The van der Waals surface area contributed by atoms with Crippen LogP contribution in [0.25, 0.3) is 0 Å². The molecule has 1 aliphatic rings. The van der Waals surface area contributed by atoms with E-state index in [0.29, 0.717) is 0 Å². The molecule has 0 radical (unpaired) electrons. The highest BCUT2D eigenvalue weighted by Gasteiger charge is 2.23. The summed E-state index contributed by atoms with van der Waals surface area (Å²) >= 11 is 6.02. The summed E-state index contributed by atoms with van der Waals surface area (Å²) in [5.41, 5.74) is 5.96. The van der Waals surface area contributed by atoms with Crippen molar-refractivity contribution in [2.24, 2.45) is 0 Å². The molecule has 2 nitrogen and oxygen atoms in total. The van der Waals surface area contributed by atoms with Crippen LogP contribution >= 0.6 is 11.6 Å². The number of halogens is 1. The third-order valence-electron chi connectivity index (χ3n) is 4.52. The number of likely N-dealkylation sites (N-methyl/N-ethyl adjacent to an activating group) is 1. The van der Waals surface area contributed by atoms with Gasteiger partial charge in [0.25, 0.3) is 5.91 Å². The van der Waals surface area contributed by atoms with Crippen molar-refractivity contribution in [2.45, 2.75) is 26.2 Å². The molecule has 0 unspecified atom stereocenters. The topological polar surface area (TPSA) is 20.3 Å². The average molecular weight is 314 g/mol. The number of fused-ring (bicyclic) bond motifs is 1. The summed E-state index contributed by atoms with van der Waals surface area (Å²) in [5.74, 6) is 0.144. The van der Waals surface area contributed by atoms with E-state index in [4.69, 9.17) is 11.6 Å². The maximum Gasteiger partial charge on any atom is 0.253 e. The number of carbonyl (C=O) groups excluding carboxylic acids is 1. The van der Waals surface area contributed by atoms with Crippen molar-refractivity contribution >= 4 is 17.5 Å². The molecule has 0 bridgehead atoms. The van der Waals surface area contributed by atoms with E-state index < -0.39 is 0 Å². The van der Waals surface area contributed by atoms with Crippen LogP contribution in [0.4, 0.5) is 0 Å². The minimum absolute atomic E-state index is 0.144. The third-order valence-corrected chi connectivity index (χ3v) is 4.75. The molecule has 0 spiro atoms. The van der Waals surface area contributed by atoms with Gasteiger partial charge in [-0.25, -0.2) is 0 Å². The Balaban J connectivity index is 1.83. The van der Waals surface area contributed by atoms with Gasteiger partial charge in [-0.3, -0.25) is 4.79 Å². The number of benzene rings is 2. The summed E-state index contributed by atoms with van der Waals surface area (Å²) in [5, 5.41) is 0.784. The fourth-order valence-electron chi connectivity index (χ4n) is 3.16. The highest BCUT2D eigenvalue weighted by molar-refractivity contribution is 6.30. The molecule has 2 aromatic rings. The Morgan fingerprint density at radius 3 is 2.68 bits per heavy atom. The van der Waals surface area contributed by atoms with Gasteiger partial charge in [0.05, 0.1) is 0 Å². The molecule has 1 heterocycles. The average Bonchev–Trinajstić information content (AvgIpc) is 2.50. The van der Waals surface area contributed by atoms with Crippen LogP contribution in [-0.2, 0) is 19.3 Å². The van der Waals surface area contributed by atoms with E-state index in [-0.39, 0.29) is 5.91 Å². The van der Waals surface area contributed by atoms with Crippen molar-refractivity contribution in [3.05, 3.63) is 69.2 Å². The van der Waals surface area contributed by atoms with Gasteiger partial charge in [0.2, 0.25) is 0 Å². The molecule has 22 heavy (non-hydrogen) atoms. The van der Waals surface area contributed by atoms with Crippen molar-refractivity contribution in [3.63, 3.8) is 0 Å². The quantitative estimate of drug-likeness (QED) is 0.836. The fourth-order valence-corrected chi connectivity index (χ4v) is 3.39. The first-order chi connectivity index (χ1) is 10.6. The highest BCUT2D eigenvalue weighted by atomic mass is 35.5. The molecule has 3 heteroatoms. The molecular formula is C19H20ClNO. The molecule has 3 rings (SSSR count). The lowest BCUT2D eigenvalue weighted by Crippen LogP contribution is -2.34. The van der Waals surface area contributed by atoms with Crippen molar-refractivity contribution < 1.29 is 4.79 Å². The SMILES string of the molecule is Cc1cc(Cl)ccc1CCc1cccc2c1CCN(C)C2=O. The van der Waals surface area contributed by atoms with E-state index >= 15 is 0 Å². The zero-order chi connectivity index (χ0) is 15.7. The second kappa shape index (κ2) is 6.13. The number of carbonyl (C=O) groups is 1. The lowest BCUT2D eigenvalue weighted by Gasteiger charge is -2.26. The Bertz CT molecular complexity index is 723. The maximum absolute atomic E-state index is 12.2. The van der Waals surface area contributed by atoms with Crippen LogP contribution in [0.2, 0.25) is 5.02 Å². The monoisotopic (exact) mass is 313 g/mol. The summed E-state index contributed by atoms with van der Waals surface area (Å²) in [6.07, 6.45) is 2.89. The second-order valence-corrected chi connectivity index (χ2v) is 6.43. The third kappa shape index (κ3) is 2.89. The summed E-state index contributed by atoms with van der Waals surface area (Å²) in [4.78, 5) is 14.0. The first-order valence-electron chi connectivity index (χ1n) is 7.67. The zero-order valence-electron chi connectivity index (χ0n) is 13.0. The second-order valence-electron chi connectivity index (χ2n) is 5.99. The van der Waals surface area contributed by atoms with Crippen LogP contribution in [0.3, 0.4) is 0 Å². The molecule has 0 N–H and O–H groups in total. The number of hydrogen-bond acceptors (Lipinski definition) is 1. The van der Waals surface area contributed by atoms with Gasteiger partial charge < -0.3 is 4.90 Å². The van der Waals surface area contributed by atoms with Gasteiger partial charge in [-0.15, -0.1) is 0 Å². The predicted octanol–water partition coefficient (Wildman–Crippen LogP) is 4.06. The molecular weight excluding hydrogens is 294 g/mol. The molecule has 2 aromatic carbocycles. The zero-order valence-corrected chi connectivity index (χ0v) is 13.8. The Hall–Kier alpha value is -1.80. The van der Waals surface area contributed by atoms with E-state index in [2.05, 4.69) is 19.1 Å². The molecule has 0 saturated heterocycles. The van der Waals surface area contributed by atoms with Gasteiger partial charge in [-0.05, 0) is 66.6 Å². The van der Waals surface area contributed by atoms with Gasteiger partial charge in [0, 0.05) is 24.2 Å². The summed E-state index contributed by atoms with van der Waals surface area (Å²) in [6, 6.07) is 12.2. The number of nitrogens with zero attached hydrogens (tertiary/aromatic N) is 1. The highest BCUT2D eigenvalue weighted by Crippen LogP contribution is 2.24. The molecule has 0 fully saturated rings. The Kier molecular flexibility index (Phi) is 4.21. The summed E-state index contributed by atoms with van der Waals surface area (Å²) in [6.45, 7) is 2.91. The van der Waals surface area contributed by atoms with Crippen LogP contribution in [0.5, 0.6) is 0 Å². The van der Waals surface area contributed by atoms with Gasteiger partial charge in [-0.1, -0.05) is 29.8 Å². The van der Waals surface area contributed by atoms with E-state index in [1.807, 2.05) is 31.3 Å². The first-order valence-corrected chi connectivity index (χ1v) is 8.05. The Morgan fingerprint density at radius 1 is 1.14 bits per heavy atom. The number of hydrogen-bond donors (Lipinski definition) is 0. The van der Waals surface area contributed by atoms with Gasteiger partial charge in [0.15, 0.2) is 0 Å². The lowest BCUT2D eigenvalue weighted by molar-refractivity contribution is 0.0780. The van der Waals surface area contributed by atoms with E-state index in [1.165, 1.54) is 22.3 Å². The number of amides is 1. The molecule has 114 valence electrons. The number of aryl methyl sites for hydroxylation is 3. The van der Waals surface area contributed by atoms with Crippen LogP contribution < -0.4 is 0 Å². The molecule has 1 aliphatic heterocycles. The fraction of sp³-hybridized carbons (Fsp3) is 0.316. The van der Waals surface area contributed by atoms with E-state index in [0.717, 1.165) is 36.4 Å². The van der Waals surface area contributed by atoms with Crippen LogP contribution in [0, 0.1) is 6.92 Å². The van der Waals surface area contributed by atoms with Crippen molar-refractivity contribution in [2.75, 3.05) is 13.6 Å². The van der Waals surface area contributed by atoms with Crippen LogP contribution in [-0.4, -0.2) is 24.4 Å². The minimum Gasteiger partial charge on any atom is -0.341 e. The van der Waals surface area contributed by atoms with Crippen molar-refractivity contribution in [1.82, 2.24) is 4.90 Å². The van der Waals surface area contributed by atoms with Crippen molar-refractivity contribution in [1.29, 1.82) is 0 Å². The van der Waals surface area contributed by atoms with Gasteiger partial charge in [-0.2, -0.15) is 0 Å². The summed E-state index contributed by atoms with van der Waals surface area (Å²) < 4.78 is 0.